The highest BCUT2D eigenvalue weighted by Crippen LogP contribution is 2.15. The second-order valence-electron chi connectivity index (χ2n) is 5.00. The summed E-state index contributed by atoms with van der Waals surface area (Å²) >= 11 is 3.35. The molecule has 0 aliphatic carbocycles. The number of benzene rings is 1. The number of carbonyl (C=O) groups excluding carboxylic acids is 1. The number of carboxylic acids is 1. The Balaban J connectivity index is 2.26. The molecule has 22 heavy (non-hydrogen) atoms. The van der Waals surface area contributed by atoms with Crippen LogP contribution in [0.25, 0.3) is 0 Å². The number of hydrogen-bond acceptors (Lipinski definition) is 4. The number of amides is 1. The van der Waals surface area contributed by atoms with Crippen molar-refractivity contribution in [2.24, 2.45) is 0 Å². The number of hydrogen-bond donors (Lipinski definition) is 1. The van der Waals surface area contributed by atoms with Gasteiger partial charge >= 0.3 is 5.97 Å². The van der Waals surface area contributed by atoms with Crippen LogP contribution in [0.15, 0.2) is 28.7 Å². The average molecular weight is 373 g/mol. The fourth-order valence-electron chi connectivity index (χ4n) is 1.67. The van der Waals surface area contributed by atoms with Crippen LogP contribution in [-0.2, 0) is 9.59 Å². The molecule has 0 aromatic heterocycles. The Morgan fingerprint density at radius 1 is 1.18 bits per heavy atom. The van der Waals surface area contributed by atoms with Crippen LogP contribution in [0.3, 0.4) is 0 Å². The summed E-state index contributed by atoms with van der Waals surface area (Å²) in [6.07, 6.45) is 0.0279. The molecule has 0 bridgehead atoms. The molecule has 122 valence electrons. The van der Waals surface area contributed by atoms with Crippen molar-refractivity contribution in [1.82, 2.24) is 9.80 Å². The van der Waals surface area contributed by atoms with E-state index >= 15 is 0 Å². The Bertz CT molecular complexity index is 493. The Morgan fingerprint density at radius 3 is 2.41 bits per heavy atom. The lowest BCUT2D eigenvalue weighted by atomic mass is 10.3. The molecule has 7 heteroatoms. The molecule has 0 atom stereocenters. The third-order valence-corrected chi connectivity index (χ3v) is 3.58. The van der Waals surface area contributed by atoms with E-state index in [0.29, 0.717) is 19.7 Å². The number of ether oxygens (including phenoxy) is 1. The van der Waals surface area contributed by atoms with E-state index in [2.05, 4.69) is 15.9 Å². The van der Waals surface area contributed by atoms with Gasteiger partial charge in [0.1, 0.15) is 12.4 Å². The van der Waals surface area contributed by atoms with E-state index in [4.69, 9.17) is 9.84 Å². The summed E-state index contributed by atoms with van der Waals surface area (Å²) in [5.74, 6) is -0.175. The van der Waals surface area contributed by atoms with Crippen molar-refractivity contribution in [3.63, 3.8) is 0 Å². The van der Waals surface area contributed by atoms with E-state index in [9.17, 15) is 9.59 Å². The third kappa shape index (κ3) is 7.42. The number of rotatable bonds is 9. The summed E-state index contributed by atoms with van der Waals surface area (Å²) in [5, 5.41) is 8.61. The van der Waals surface area contributed by atoms with Gasteiger partial charge in [-0.2, -0.15) is 0 Å². The zero-order chi connectivity index (χ0) is 16.5. The molecule has 0 aliphatic rings. The van der Waals surface area contributed by atoms with Gasteiger partial charge in [-0.05, 0) is 31.3 Å². The maximum Gasteiger partial charge on any atom is 0.304 e. The predicted octanol–water partition coefficient (Wildman–Crippen LogP) is 1.69. The quantitative estimate of drug-likeness (QED) is 0.714. The molecule has 6 nitrogen and oxygen atoms in total. The molecule has 0 fully saturated rings. The van der Waals surface area contributed by atoms with Gasteiger partial charge in [-0.3, -0.25) is 14.5 Å². The molecule has 0 spiro atoms. The van der Waals surface area contributed by atoms with E-state index in [1.165, 1.54) is 0 Å². The summed E-state index contributed by atoms with van der Waals surface area (Å²) in [7, 11) is 3.44. The lowest BCUT2D eigenvalue weighted by molar-refractivity contribution is -0.138. The molecule has 0 saturated carbocycles. The van der Waals surface area contributed by atoms with Gasteiger partial charge in [-0.25, -0.2) is 0 Å². The Kier molecular flexibility index (Phi) is 7.90. The van der Waals surface area contributed by atoms with E-state index in [1.54, 1.807) is 23.9 Å². The Morgan fingerprint density at radius 2 is 1.82 bits per heavy atom. The largest absolute Gasteiger partial charge is 0.492 e. The number of likely N-dealkylation sites (N-methyl/N-ethyl adjacent to an activating group) is 2. The molecule has 1 aromatic rings. The van der Waals surface area contributed by atoms with Gasteiger partial charge in [0, 0.05) is 18.1 Å². The summed E-state index contributed by atoms with van der Waals surface area (Å²) < 4.78 is 6.54. The minimum Gasteiger partial charge on any atom is -0.492 e. The first-order valence-corrected chi connectivity index (χ1v) is 7.70. The molecule has 1 aromatic carbocycles. The monoisotopic (exact) mass is 372 g/mol. The Hall–Kier alpha value is -1.60. The van der Waals surface area contributed by atoms with Gasteiger partial charge < -0.3 is 14.7 Å². The van der Waals surface area contributed by atoms with Crippen LogP contribution in [0, 0.1) is 0 Å². The number of nitrogens with zero attached hydrogens (tertiary/aromatic N) is 2. The Labute approximate surface area is 138 Å². The molecule has 1 amide bonds. The minimum atomic E-state index is -0.865. The van der Waals surface area contributed by atoms with Crippen molar-refractivity contribution < 1.29 is 19.4 Å². The van der Waals surface area contributed by atoms with Crippen LogP contribution in [-0.4, -0.2) is 67.1 Å². The maximum absolute atomic E-state index is 12.0. The van der Waals surface area contributed by atoms with Gasteiger partial charge in [0.25, 0.3) is 0 Å². The van der Waals surface area contributed by atoms with Crippen LogP contribution >= 0.6 is 15.9 Å². The minimum absolute atomic E-state index is 0.0279. The van der Waals surface area contributed by atoms with E-state index < -0.39 is 5.97 Å². The number of carboxylic acid groups (broad SMARTS) is 1. The molecular formula is C15H21BrN2O4. The van der Waals surface area contributed by atoms with E-state index in [-0.39, 0.29) is 18.9 Å². The molecule has 0 aliphatic heterocycles. The van der Waals surface area contributed by atoms with Gasteiger partial charge in [0.05, 0.1) is 19.5 Å². The standard InChI is InChI=1S/C15H21BrN2O4/c1-17(8-7-15(20)21)11-14(19)18(2)9-10-22-13-5-3-12(16)4-6-13/h3-6H,7-11H2,1-2H3,(H,20,21). The first-order valence-electron chi connectivity index (χ1n) is 6.91. The lowest BCUT2D eigenvalue weighted by Gasteiger charge is -2.21. The molecular weight excluding hydrogens is 352 g/mol. The highest BCUT2D eigenvalue weighted by atomic mass is 79.9. The number of carbonyl (C=O) groups is 2. The second-order valence-corrected chi connectivity index (χ2v) is 5.91. The van der Waals surface area contributed by atoms with E-state index in [0.717, 1.165) is 10.2 Å². The van der Waals surface area contributed by atoms with Crippen molar-refractivity contribution in [2.45, 2.75) is 6.42 Å². The van der Waals surface area contributed by atoms with Gasteiger partial charge in [-0.1, -0.05) is 15.9 Å². The predicted molar refractivity (Wildman–Crippen MR) is 87.0 cm³/mol. The van der Waals surface area contributed by atoms with Gasteiger partial charge in [0.15, 0.2) is 0 Å². The fraction of sp³-hybridized carbons (Fsp3) is 0.467. The zero-order valence-corrected chi connectivity index (χ0v) is 14.4. The maximum atomic E-state index is 12.0. The van der Waals surface area contributed by atoms with Crippen LogP contribution in [0.2, 0.25) is 0 Å². The number of halogens is 1. The zero-order valence-electron chi connectivity index (χ0n) is 12.8. The molecule has 1 N–H and O–H groups in total. The molecule has 0 saturated heterocycles. The summed E-state index contributed by atoms with van der Waals surface area (Å²) in [4.78, 5) is 25.7. The molecule has 0 heterocycles. The third-order valence-electron chi connectivity index (χ3n) is 3.05. The molecule has 0 unspecified atom stereocenters. The van der Waals surface area contributed by atoms with Crippen molar-refractivity contribution in [1.29, 1.82) is 0 Å². The smallest absolute Gasteiger partial charge is 0.304 e. The van der Waals surface area contributed by atoms with Crippen LogP contribution in [0.4, 0.5) is 0 Å². The van der Waals surface area contributed by atoms with Crippen LogP contribution in [0.1, 0.15) is 6.42 Å². The average Bonchev–Trinajstić information content (AvgIpc) is 2.47. The highest BCUT2D eigenvalue weighted by molar-refractivity contribution is 9.10. The number of aliphatic carboxylic acids is 1. The topological polar surface area (TPSA) is 70.1 Å². The van der Waals surface area contributed by atoms with Crippen molar-refractivity contribution in [2.75, 3.05) is 40.3 Å². The van der Waals surface area contributed by atoms with Gasteiger partial charge in [-0.15, -0.1) is 0 Å². The van der Waals surface area contributed by atoms with Crippen molar-refractivity contribution in [3.05, 3.63) is 28.7 Å². The second kappa shape index (κ2) is 9.42. The molecule has 1 rings (SSSR count). The van der Waals surface area contributed by atoms with Crippen LogP contribution in [0.5, 0.6) is 5.75 Å². The summed E-state index contributed by atoms with van der Waals surface area (Å²) in [5.41, 5.74) is 0. The fourth-order valence-corrected chi connectivity index (χ4v) is 1.94. The summed E-state index contributed by atoms with van der Waals surface area (Å²) in [6, 6.07) is 7.49. The lowest BCUT2D eigenvalue weighted by Crippen LogP contribution is -2.39. The first kappa shape index (κ1) is 18.4. The molecule has 0 radical (unpaired) electrons. The van der Waals surface area contributed by atoms with E-state index in [1.807, 2.05) is 24.3 Å². The SMILES string of the molecule is CN(CCC(=O)O)CC(=O)N(C)CCOc1ccc(Br)cc1. The van der Waals surface area contributed by atoms with Crippen LogP contribution < -0.4 is 4.74 Å². The normalized spacial score (nSPS) is 10.5. The first-order chi connectivity index (χ1) is 10.4. The highest BCUT2D eigenvalue weighted by Gasteiger charge is 2.12. The van der Waals surface area contributed by atoms with Crippen molar-refractivity contribution >= 4 is 27.8 Å². The van der Waals surface area contributed by atoms with Crippen molar-refractivity contribution in [3.8, 4) is 5.75 Å². The van der Waals surface area contributed by atoms with Gasteiger partial charge in [0.2, 0.25) is 5.91 Å². The summed E-state index contributed by atoms with van der Waals surface area (Å²) in [6.45, 7) is 1.43.